The van der Waals surface area contributed by atoms with Crippen LogP contribution in [0.4, 0.5) is 5.69 Å². The van der Waals surface area contributed by atoms with Crippen molar-refractivity contribution in [2.75, 3.05) is 19.6 Å². The van der Waals surface area contributed by atoms with Crippen LogP contribution in [0.3, 0.4) is 0 Å². The molecule has 1 atom stereocenters. The number of fused-ring (bicyclic) bond motifs is 1. The summed E-state index contributed by atoms with van der Waals surface area (Å²) < 4.78 is 0. The van der Waals surface area contributed by atoms with Crippen molar-refractivity contribution >= 4 is 34.3 Å². The number of nitrogens with one attached hydrogen (secondary N) is 1. The minimum absolute atomic E-state index is 0.0585. The summed E-state index contributed by atoms with van der Waals surface area (Å²) in [5.41, 5.74) is 0.473. The van der Waals surface area contributed by atoms with Crippen molar-refractivity contribution in [3.8, 4) is 0 Å². The number of nitro groups is 1. The van der Waals surface area contributed by atoms with Gasteiger partial charge in [0.05, 0.1) is 16.0 Å². The van der Waals surface area contributed by atoms with Crippen LogP contribution in [0.25, 0.3) is 11.0 Å². The van der Waals surface area contributed by atoms with Crippen molar-refractivity contribution in [2.24, 2.45) is 0 Å². The van der Waals surface area contributed by atoms with Gasteiger partial charge in [0.25, 0.3) is 23.3 Å². The van der Waals surface area contributed by atoms with Crippen LogP contribution >= 0.6 is 0 Å². The predicted molar refractivity (Wildman–Crippen MR) is 111 cm³/mol. The molecule has 1 aliphatic heterocycles. The van der Waals surface area contributed by atoms with E-state index in [1.54, 1.807) is 36.1 Å². The molecule has 3 aromatic rings. The summed E-state index contributed by atoms with van der Waals surface area (Å²) in [6, 6.07) is 11.0. The van der Waals surface area contributed by atoms with Crippen LogP contribution in [0.1, 0.15) is 27.8 Å². The fraction of sp³-hybridized carbons (Fsp3) is 0.238. The third-order valence-electron chi connectivity index (χ3n) is 5.34. The van der Waals surface area contributed by atoms with Gasteiger partial charge in [0, 0.05) is 43.5 Å². The van der Waals surface area contributed by atoms with Crippen LogP contribution in [0.5, 0.6) is 0 Å². The molecule has 0 saturated carbocycles. The Labute approximate surface area is 176 Å². The van der Waals surface area contributed by atoms with Gasteiger partial charge in [0.15, 0.2) is 0 Å². The van der Waals surface area contributed by atoms with E-state index in [4.69, 9.17) is 0 Å². The minimum atomic E-state index is -0.804. The molecule has 0 radical (unpaired) electrons. The van der Waals surface area contributed by atoms with Gasteiger partial charge in [-0.25, -0.2) is 4.98 Å². The van der Waals surface area contributed by atoms with Crippen LogP contribution in [-0.4, -0.2) is 68.0 Å². The first kappa shape index (κ1) is 20.2. The second-order valence-electron chi connectivity index (χ2n) is 7.33. The molecular weight excluding hydrogens is 402 g/mol. The number of aromatic amines is 1. The van der Waals surface area contributed by atoms with Gasteiger partial charge in [0.1, 0.15) is 5.65 Å². The number of carbonyl (C=O) groups is 3. The number of rotatable bonds is 4. The number of hydrogen-bond acceptors (Lipinski definition) is 6. The second-order valence-corrected chi connectivity index (χ2v) is 7.33. The molecule has 0 bridgehead atoms. The molecule has 0 spiro atoms. The molecule has 1 fully saturated rings. The highest BCUT2D eigenvalue weighted by molar-refractivity contribution is 6.42. The summed E-state index contributed by atoms with van der Waals surface area (Å²) in [5.74, 6) is -1.66. The first-order chi connectivity index (χ1) is 14.9. The average Bonchev–Trinajstić information content (AvgIpc) is 3.22. The third kappa shape index (κ3) is 3.75. The number of Topliss-reactive ketones (excluding diaryl/α,β-unsaturated/α-hetero) is 1. The number of benzene rings is 1. The number of ketones is 1. The Morgan fingerprint density at radius 3 is 2.58 bits per heavy atom. The Morgan fingerprint density at radius 1 is 1.16 bits per heavy atom. The zero-order valence-corrected chi connectivity index (χ0v) is 16.6. The molecule has 0 aliphatic carbocycles. The maximum absolute atomic E-state index is 12.8. The van der Waals surface area contributed by atoms with E-state index in [1.807, 2.05) is 6.07 Å². The zero-order chi connectivity index (χ0) is 22.1. The zero-order valence-electron chi connectivity index (χ0n) is 16.6. The molecule has 31 heavy (non-hydrogen) atoms. The highest BCUT2D eigenvalue weighted by Crippen LogP contribution is 2.25. The first-order valence-corrected chi connectivity index (χ1v) is 9.68. The van der Waals surface area contributed by atoms with Gasteiger partial charge in [-0.1, -0.05) is 18.2 Å². The van der Waals surface area contributed by atoms with E-state index in [-0.39, 0.29) is 40.9 Å². The van der Waals surface area contributed by atoms with Crippen molar-refractivity contribution in [3.05, 3.63) is 70.0 Å². The summed E-state index contributed by atoms with van der Waals surface area (Å²) in [4.78, 5) is 58.7. The lowest BCUT2D eigenvalue weighted by molar-refractivity contribution is -0.383. The van der Waals surface area contributed by atoms with Crippen molar-refractivity contribution in [3.63, 3.8) is 0 Å². The van der Waals surface area contributed by atoms with Crippen molar-refractivity contribution in [1.82, 2.24) is 19.8 Å². The molecule has 3 heterocycles. The lowest BCUT2D eigenvalue weighted by Gasteiger charge is -2.39. The molecule has 10 nitrogen and oxygen atoms in total. The van der Waals surface area contributed by atoms with E-state index in [2.05, 4.69) is 9.97 Å². The van der Waals surface area contributed by atoms with Gasteiger partial charge >= 0.3 is 0 Å². The van der Waals surface area contributed by atoms with E-state index >= 15 is 0 Å². The number of piperazine rings is 1. The summed E-state index contributed by atoms with van der Waals surface area (Å²) in [6.45, 7) is 2.58. The van der Waals surface area contributed by atoms with Crippen LogP contribution in [-0.2, 0) is 4.79 Å². The maximum Gasteiger partial charge on any atom is 0.296 e. The maximum atomic E-state index is 12.8. The van der Waals surface area contributed by atoms with E-state index < -0.39 is 16.6 Å². The van der Waals surface area contributed by atoms with Crippen LogP contribution in [0.15, 0.2) is 48.7 Å². The Bertz CT molecular complexity index is 1190. The highest BCUT2D eigenvalue weighted by atomic mass is 16.6. The van der Waals surface area contributed by atoms with E-state index in [0.29, 0.717) is 18.7 Å². The van der Waals surface area contributed by atoms with Gasteiger partial charge in [-0.2, -0.15) is 0 Å². The van der Waals surface area contributed by atoms with Gasteiger partial charge in [-0.05, 0) is 25.1 Å². The predicted octanol–water partition coefficient (Wildman–Crippen LogP) is 2.03. The monoisotopic (exact) mass is 421 g/mol. The Kier molecular flexibility index (Phi) is 5.20. The quantitative estimate of drug-likeness (QED) is 0.297. The number of aromatic nitrogens is 2. The number of nitrogens with zero attached hydrogens (tertiary/aromatic N) is 4. The van der Waals surface area contributed by atoms with Crippen LogP contribution in [0, 0.1) is 10.1 Å². The molecule has 1 aromatic carbocycles. The van der Waals surface area contributed by atoms with Crippen LogP contribution < -0.4 is 0 Å². The smallest absolute Gasteiger partial charge is 0.296 e. The number of hydrogen-bond donors (Lipinski definition) is 1. The Morgan fingerprint density at radius 2 is 1.90 bits per heavy atom. The summed E-state index contributed by atoms with van der Waals surface area (Å²) in [7, 11) is 0. The molecule has 2 amide bonds. The number of carbonyl (C=O) groups excluding carboxylic acids is 3. The molecule has 0 unspecified atom stereocenters. The van der Waals surface area contributed by atoms with Gasteiger partial charge in [-0.15, -0.1) is 0 Å². The fourth-order valence-electron chi connectivity index (χ4n) is 3.75. The molecule has 4 rings (SSSR count). The lowest BCUT2D eigenvalue weighted by Crippen LogP contribution is -2.56. The van der Waals surface area contributed by atoms with Gasteiger partial charge in [-0.3, -0.25) is 24.5 Å². The standard InChI is InChI=1S/C21H19N5O5/c1-13-12-24(20(28)14-5-3-2-4-6-14)9-10-25(13)21(29)18(27)16-11-15-17(26(30)31)7-8-22-19(15)23-16/h2-8,11,13H,9-10,12H2,1H3,(H,22,23)/t13-/m1/s1. The summed E-state index contributed by atoms with van der Waals surface area (Å²) >= 11 is 0. The largest absolute Gasteiger partial charge is 0.336 e. The SMILES string of the molecule is C[C@@H]1CN(C(=O)c2ccccc2)CCN1C(=O)C(=O)c1cc2c([N+](=O)[O-])ccnc2[nH]1. The number of amides is 2. The molecule has 1 aliphatic rings. The summed E-state index contributed by atoms with van der Waals surface area (Å²) in [6.07, 6.45) is 1.26. The van der Waals surface area contributed by atoms with Gasteiger partial charge in [0.2, 0.25) is 0 Å². The molecule has 1 saturated heterocycles. The van der Waals surface area contributed by atoms with E-state index in [9.17, 15) is 24.5 Å². The van der Waals surface area contributed by atoms with Crippen molar-refractivity contribution in [2.45, 2.75) is 13.0 Å². The first-order valence-electron chi connectivity index (χ1n) is 9.68. The normalized spacial score (nSPS) is 16.4. The Hall–Kier alpha value is -4.08. The summed E-state index contributed by atoms with van der Waals surface area (Å²) in [5, 5.41) is 11.3. The topological polar surface area (TPSA) is 130 Å². The molecule has 158 valence electrons. The molecular formula is C21H19N5O5. The highest BCUT2D eigenvalue weighted by Gasteiger charge is 2.34. The van der Waals surface area contributed by atoms with Crippen molar-refractivity contribution < 1.29 is 19.3 Å². The average molecular weight is 421 g/mol. The van der Waals surface area contributed by atoms with E-state index in [1.165, 1.54) is 23.2 Å². The van der Waals surface area contributed by atoms with E-state index in [0.717, 1.165) is 0 Å². The number of pyridine rings is 1. The van der Waals surface area contributed by atoms with Crippen LogP contribution in [0.2, 0.25) is 0 Å². The number of H-pyrrole nitrogens is 1. The molecule has 10 heteroatoms. The lowest BCUT2D eigenvalue weighted by atomic mass is 10.1. The molecule has 1 N–H and O–H groups in total. The Balaban J connectivity index is 1.49. The van der Waals surface area contributed by atoms with Crippen molar-refractivity contribution in [1.29, 1.82) is 0 Å². The molecule has 2 aromatic heterocycles. The van der Waals surface area contributed by atoms with Gasteiger partial charge < -0.3 is 14.8 Å². The second kappa shape index (κ2) is 7.98. The third-order valence-corrected chi connectivity index (χ3v) is 5.34. The fourth-order valence-corrected chi connectivity index (χ4v) is 3.75. The minimum Gasteiger partial charge on any atom is -0.336 e.